The molecule has 0 saturated heterocycles. The largest absolute Gasteiger partial charge is 0.399 e. The van der Waals surface area contributed by atoms with Crippen molar-refractivity contribution in [2.45, 2.75) is 45.4 Å². The van der Waals surface area contributed by atoms with Gasteiger partial charge in [0.2, 0.25) is 0 Å². The van der Waals surface area contributed by atoms with Crippen LogP contribution in [-0.2, 0) is 6.42 Å². The molecule has 0 aromatic heterocycles. The van der Waals surface area contributed by atoms with E-state index >= 15 is 0 Å². The first kappa shape index (κ1) is 13.4. The molecule has 1 aliphatic carbocycles. The molecule has 1 saturated carbocycles. The van der Waals surface area contributed by atoms with Gasteiger partial charge in [0.15, 0.2) is 0 Å². The zero-order chi connectivity index (χ0) is 12.8. The van der Waals surface area contributed by atoms with Crippen LogP contribution in [-0.4, -0.2) is 13.1 Å². The van der Waals surface area contributed by atoms with Crippen molar-refractivity contribution in [2.75, 3.05) is 18.8 Å². The van der Waals surface area contributed by atoms with Gasteiger partial charge in [0.25, 0.3) is 0 Å². The summed E-state index contributed by atoms with van der Waals surface area (Å²) in [5.74, 6) is 0. The van der Waals surface area contributed by atoms with Crippen molar-refractivity contribution in [3.63, 3.8) is 0 Å². The molecule has 1 fully saturated rings. The first-order valence-corrected chi connectivity index (χ1v) is 7.29. The number of nitrogens with two attached hydrogens (primary N) is 1. The SMILES string of the molecule is CCC1(CNCCCc2cccc(N)c2)CCC1. The van der Waals surface area contributed by atoms with Gasteiger partial charge < -0.3 is 11.1 Å². The Hall–Kier alpha value is -1.02. The Kier molecular flexibility index (Phi) is 4.65. The summed E-state index contributed by atoms with van der Waals surface area (Å²) in [5, 5.41) is 3.63. The average Bonchev–Trinajstić information content (AvgIpc) is 2.32. The molecule has 0 amide bonds. The lowest BCUT2D eigenvalue weighted by molar-refractivity contribution is 0.124. The molecule has 0 spiro atoms. The summed E-state index contributed by atoms with van der Waals surface area (Å²) in [7, 11) is 0. The number of aryl methyl sites for hydroxylation is 1. The quantitative estimate of drug-likeness (QED) is 0.572. The number of hydrogen-bond acceptors (Lipinski definition) is 2. The van der Waals surface area contributed by atoms with Crippen molar-refractivity contribution < 1.29 is 0 Å². The standard InChI is InChI=1S/C16H26N2/c1-2-16(9-5-10-16)13-18-11-4-7-14-6-3-8-15(17)12-14/h3,6,8,12,18H,2,4-5,7,9-11,13,17H2,1H3. The summed E-state index contributed by atoms with van der Waals surface area (Å²) in [6.45, 7) is 4.66. The smallest absolute Gasteiger partial charge is 0.0316 e. The molecule has 100 valence electrons. The molecule has 0 radical (unpaired) electrons. The molecule has 1 aromatic rings. The third-order valence-corrected chi connectivity index (χ3v) is 4.43. The maximum absolute atomic E-state index is 5.77. The van der Waals surface area contributed by atoms with E-state index in [1.54, 1.807) is 0 Å². The van der Waals surface area contributed by atoms with Gasteiger partial charge in [-0.2, -0.15) is 0 Å². The topological polar surface area (TPSA) is 38.0 Å². The molecule has 0 heterocycles. The second-order valence-corrected chi connectivity index (χ2v) is 5.73. The molecule has 3 N–H and O–H groups in total. The van der Waals surface area contributed by atoms with Crippen LogP contribution in [0.5, 0.6) is 0 Å². The molecule has 2 heteroatoms. The summed E-state index contributed by atoms with van der Waals surface area (Å²) in [4.78, 5) is 0. The lowest BCUT2D eigenvalue weighted by Crippen LogP contribution is -2.39. The van der Waals surface area contributed by atoms with Crippen LogP contribution in [0.4, 0.5) is 5.69 Å². The van der Waals surface area contributed by atoms with E-state index in [0.29, 0.717) is 5.41 Å². The summed E-state index contributed by atoms with van der Waals surface area (Å²) >= 11 is 0. The van der Waals surface area contributed by atoms with E-state index in [2.05, 4.69) is 24.4 Å². The van der Waals surface area contributed by atoms with Crippen LogP contribution in [0.3, 0.4) is 0 Å². The van der Waals surface area contributed by atoms with Crippen molar-refractivity contribution in [2.24, 2.45) is 5.41 Å². The second-order valence-electron chi connectivity index (χ2n) is 5.73. The van der Waals surface area contributed by atoms with E-state index in [-0.39, 0.29) is 0 Å². The van der Waals surface area contributed by atoms with Crippen LogP contribution in [0.1, 0.15) is 44.6 Å². The van der Waals surface area contributed by atoms with Gasteiger partial charge in [-0.15, -0.1) is 0 Å². The minimum atomic E-state index is 0.636. The monoisotopic (exact) mass is 246 g/mol. The Bertz CT molecular complexity index is 364. The molecule has 0 aliphatic heterocycles. The summed E-state index contributed by atoms with van der Waals surface area (Å²) in [5.41, 5.74) is 8.64. The molecule has 18 heavy (non-hydrogen) atoms. The van der Waals surface area contributed by atoms with Crippen LogP contribution in [0.2, 0.25) is 0 Å². The number of nitrogens with one attached hydrogen (secondary N) is 1. The molecule has 0 atom stereocenters. The number of benzene rings is 1. The first-order valence-electron chi connectivity index (χ1n) is 7.29. The minimum Gasteiger partial charge on any atom is -0.399 e. The highest BCUT2D eigenvalue weighted by atomic mass is 14.9. The number of nitrogen functional groups attached to an aromatic ring is 1. The molecular formula is C16H26N2. The molecule has 0 unspecified atom stereocenters. The van der Waals surface area contributed by atoms with Crippen molar-refractivity contribution >= 4 is 5.69 Å². The van der Waals surface area contributed by atoms with E-state index in [4.69, 9.17) is 5.73 Å². The molecule has 0 bridgehead atoms. The predicted molar refractivity (Wildman–Crippen MR) is 78.6 cm³/mol. The van der Waals surface area contributed by atoms with Crippen LogP contribution < -0.4 is 11.1 Å². The highest BCUT2D eigenvalue weighted by Gasteiger charge is 2.34. The summed E-state index contributed by atoms with van der Waals surface area (Å²) in [6.07, 6.45) is 7.92. The molecule has 1 aliphatic rings. The van der Waals surface area contributed by atoms with Crippen LogP contribution >= 0.6 is 0 Å². The highest BCUT2D eigenvalue weighted by Crippen LogP contribution is 2.42. The van der Waals surface area contributed by atoms with E-state index in [1.165, 1.54) is 44.2 Å². The zero-order valence-electron chi connectivity index (χ0n) is 11.5. The van der Waals surface area contributed by atoms with E-state index in [1.807, 2.05) is 12.1 Å². The summed E-state index contributed by atoms with van der Waals surface area (Å²) < 4.78 is 0. The Morgan fingerprint density at radius 3 is 2.78 bits per heavy atom. The van der Waals surface area contributed by atoms with Crippen LogP contribution in [0.15, 0.2) is 24.3 Å². The first-order chi connectivity index (χ1) is 8.74. The van der Waals surface area contributed by atoms with Crippen molar-refractivity contribution in [1.82, 2.24) is 5.32 Å². The van der Waals surface area contributed by atoms with Gasteiger partial charge in [-0.05, 0) is 61.8 Å². The lowest BCUT2D eigenvalue weighted by atomic mass is 9.67. The minimum absolute atomic E-state index is 0.636. The molecule has 2 nitrogen and oxygen atoms in total. The van der Waals surface area contributed by atoms with Gasteiger partial charge in [0.1, 0.15) is 0 Å². The number of hydrogen-bond donors (Lipinski definition) is 2. The van der Waals surface area contributed by atoms with E-state index < -0.39 is 0 Å². The van der Waals surface area contributed by atoms with Gasteiger partial charge in [0.05, 0.1) is 0 Å². The van der Waals surface area contributed by atoms with E-state index in [9.17, 15) is 0 Å². The molecular weight excluding hydrogens is 220 g/mol. The third-order valence-electron chi connectivity index (χ3n) is 4.43. The second kappa shape index (κ2) is 6.24. The highest BCUT2D eigenvalue weighted by molar-refractivity contribution is 5.40. The predicted octanol–water partition coefficient (Wildman–Crippen LogP) is 3.37. The fourth-order valence-corrected chi connectivity index (χ4v) is 2.85. The van der Waals surface area contributed by atoms with Crippen LogP contribution in [0, 0.1) is 5.41 Å². The van der Waals surface area contributed by atoms with Gasteiger partial charge >= 0.3 is 0 Å². The van der Waals surface area contributed by atoms with Crippen molar-refractivity contribution in [3.05, 3.63) is 29.8 Å². The van der Waals surface area contributed by atoms with Gasteiger partial charge in [-0.3, -0.25) is 0 Å². The van der Waals surface area contributed by atoms with Crippen molar-refractivity contribution in [1.29, 1.82) is 0 Å². The Morgan fingerprint density at radius 2 is 2.17 bits per heavy atom. The third kappa shape index (κ3) is 3.49. The maximum Gasteiger partial charge on any atom is 0.0316 e. The average molecular weight is 246 g/mol. The Labute approximate surface area is 111 Å². The fraction of sp³-hybridized carbons (Fsp3) is 0.625. The number of rotatable bonds is 7. The Morgan fingerprint density at radius 1 is 1.33 bits per heavy atom. The van der Waals surface area contributed by atoms with E-state index in [0.717, 1.165) is 18.7 Å². The van der Waals surface area contributed by atoms with Crippen molar-refractivity contribution in [3.8, 4) is 0 Å². The maximum atomic E-state index is 5.77. The molecule has 1 aromatic carbocycles. The molecule has 2 rings (SSSR count). The fourth-order valence-electron chi connectivity index (χ4n) is 2.85. The zero-order valence-corrected chi connectivity index (χ0v) is 11.5. The van der Waals surface area contributed by atoms with Gasteiger partial charge in [-0.25, -0.2) is 0 Å². The van der Waals surface area contributed by atoms with Crippen LogP contribution in [0.25, 0.3) is 0 Å². The van der Waals surface area contributed by atoms with Gasteiger partial charge in [-0.1, -0.05) is 25.5 Å². The lowest BCUT2D eigenvalue weighted by Gasteiger charge is -2.41. The summed E-state index contributed by atoms with van der Waals surface area (Å²) in [6, 6.07) is 8.23. The number of anilines is 1. The Balaban J connectivity index is 1.61. The normalized spacial score (nSPS) is 17.4. The van der Waals surface area contributed by atoms with Gasteiger partial charge in [0, 0.05) is 12.2 Å².